The van der Waals surface area contributed by atoms with Crippen LogP contribution in [0, 0.1) is 0 Å². The Bertz CT molecular complexity index is 847. The Morgan fingerprint density at radius 3 is 2.41 bits per heavy atom. The number of fused-ring (bicyclic) bond motifs is 1. The standard InChI is InChI=1S/C25H31NO/c1-2-3-4-5-9-15-24(27)18-17-23-19-22-14-10-11-16-25(22)26(23)20-21-12-7-6-8-13-21/h6-8,10-14,16,19H,2-5,9,15,17-18,20H2,1H3. The minimum Gasteiger partial charge on any atom is -0.340 e. The summed E-state index contributed by atoms with van der Waals surface area (Å²) < 4.78 is 2.37. The summed E-state index contributed by atoms with van der Waals surface area (Å²) in [5, 5.41) is 1.26. The average Bonchev–Trinajstić information content (AvgIpc) is 3.04. The second-order valence-corrected chi connectivity index (χ2v) is 7.47. The van der Waals surface area contributed by atoms with Gasteiger partial charge in [0, 0.05) is 30.6 Å². The molecule has 2 aromatic carbocycles. The molecule has 0 aliphatic heterocycles. The highest BCUT2D eigenvalue weighted by Crippen LogP contribution is 2.23. The molecule has 0 saturated heterocycles. The topological polar surface area (TPSA) is 22.0 Å². The van der Waals surface area contributed by atoms with Crippen molar-refractivity contribution >= 4 is 16.7 Å². The Morgan fingerprint density at radius 2 is 1.59 bits per heavy atom. The van der Waals surface area contributed by atoms with Gasteiger partial charge in [0.1, 0.15) is 5.78 Å². The van der Waals surface area contributed by atoms with Crippen LogP contribution in [0.15, 0.2) is 60.7 Å². The fourth-order valence-electron chi connectivity index (χ4n) is 3.75. The molecule has 1 aromatic heterocycles. The van der Waals surface area contributed by atoms with Crippen LogP contribution >= 0.6 is 0 Å². The van der Waals surface area contributed by atoms with Crippen LogP contribution in [0.2, 0.25) is 0 Å². The molecule has 3 aromatic rings. The molecule has 0 saturated carbocycles. The zero-order valence-corrected chi connectivity index (χ0v) is 16.5. The molecule has 2 heteroatoms. The molecule has 142 valence electrons. The normalized spacial score (nSPS) is 11.1. The molecule has 2 nitrogen and oxygen atoms in total. The predicted molar refractivity (Wildman–Crippen MR) is 114 cm³/mol. The molecule has 0 radical (unpaired) electrons. The molecule has 3 rings (SSSR count). The molecule has 0 fully saturated rings. The van der Waals surface area contributed by atoms with Crippen molar-refractivity contribution in [2.75, 3.05) is 0 Å². The highest BCUT2D eigenvalue weighted by molar-refractivity contribution is 5.82. The third kappa shape index (κ3) is 5.56. The lowest BCUT2D eigenvalue weighted by Gasteiger charge is -2.11. The van der Waals surface area contributed by atoms with Gasteiger partial charge in [0.25, 0.3) is 0 Å². The zero-order valence-electron chi connectivity index (χ0n) is 16.5. The fraction of sp³-hybridized carbons (Fsp3) is 0.400. The minimum atomic E-state index is 0.406. The van der Waals surface area contributed by atoms with Crippen LogP contribution in [-0.2, 0) is 17.8 Å². The van der Waals surface area contributed by atoms with Crippen LogP contribution in [0.1, 0.15) is 63.1 Å². The number of rotatable bonds is 11. The largest absolute Gasteiger partial charge is 0.340 e. The van der Waals surface area contributed by atoms with Crippen LogP contribution in [-0.4, -0.2) is 10.4 Å². The Hall–Kier alpha value is -2.35. The van der Waals surface area contributed by atoms with Crippen molar-refractivity contribution in [3.8, 4) is 0 Å². The van der Waals surface area contributed by atoms with Crippen molar-refractivity contribution in [3.05, 3.63) is 71.9 Å². The summed E-state index contributed by atoms with van der Waals surface area (Å²) in [6, 6.07) is 21.3. The summed E-state index contributed by atoms with van der Waals surface area (Å²) in [5.74, 6) is 0.406. The molecular weight excluding hydrogens is 330 g/mol. The van der Waals surface area contributed by atoms with Crippen LogP contribution in [0.3, 0.4) is 0 Å². The van der Waals surface area contributed by atoms with Gasteiger partial charge in [0.2, 0.25) is 0 Å². The third-order valence-electron chi connectivity index (χ3n) is 5.30. The van der Waals surface area contributed by atoms with E-state index >= 15 is 0 Å². The summed E-state index contributed by atoms with van der Waals surface area (Å²) >= 11 is 0. The van der Waals surface area contributed by atoms with Crippen molar-refractivity contribution in [2.45, 2.75) is 64.8 Å². The van der Waals surface area contributed by atoms with E-state index in [2.05, 4.69) is 72.2 Å². The SMILES string of the molecule is CCCCCCCC(=O)CCc1cc2ccccc2n1Cc1ccccc1. The number of carbonyl (C=O) groups is 1. The van der Waals surface area contributed by atoms with Gasteiger partial charge in [-0.05, 0) is 35.9 Å². The number of aryl methyl sites for hydroxylation is 1. The van der Waals surface area contributed by atoms with Crippen LogP contribution < -0.4 is 0 Å². The highest BCUT2D eigenvalue weighted by atomic mass is 16.1. The molecule has 1 heterocycles. The monoisotopic (exact) mass is 361 g/mol. The Balaban J connectivity index is 1.65. The molecule has 0 unspecified atom stereocenters. The number of ketones is 1. The van der Waals surface area contributed by atoms with E-state index in [1.165, 1.54) is 47.8 Å². The molecule has 0 N–H and O–H groups in total. The van der Waals surface area contributed by atoms with E-state index in [4.69, 9.17) is 0 Å². The van der Waals surface area contributed by atoms with E-state index in [0.717, 1.165) is 25.8 Å². The summed E-state index contributed by atoms with van der Waals surface area (Å²) in [5.41, 5.74) is 3.81. The van der Waals surface area contributed by atoms with Gasteiger partial charge in [-0.2, -0.15) is 0 Å². The molecule has 0 bridgehead atoms. The predicted octanol–water partition coefficient (Wildman–Crippen LogP) is 6.55. The van der Waals surface area contributed by atoms with Gasteiger partial charge in [-0.3, -0.25) is 4.79 Å². The zero-order chi connectivity index (χ0) is 18.9. The number of unbranched alkanes of at least 4 members (excludes halogenated alkanes) is 4. The Labute approximate surface area is 163 Å². The van der Waals surface area contributed by atoms with E-state index in [-0.39, 0.29) is 0 Å². The minimum absolute atomic E-state index is 0.406. The van der Waals surface area contributed by atoms with E-state index in [1.54, 1.807) is 0 Å². The average molecular weight is 362 g/mol. The first-order valence-corrected chi connectivity index (χ1v) is 10.4. The van der Waals surface area contributed by atoms with Gasteiger partial charge in [0.15, 0.2) is 0 Å². The molecule has 0 aliphatic carbocycles. The van der Waals surface area contributed by atoms with E-state index in [1.807, 2.05) is 0 Å². The third-order valence-corrected chi connectivity index (χ3v) is 5.30. The van der Waals surface area contributed by atoms with Crippen molar-refractivity contribution < 1.29 is 4.79 Å². The van der Waals surface area contributed by atoms with Gasteiger partial charge < -0.3 is 4.57 Å². The lowest BCUT2D eigenvalue weighted by Crippen LogP contribution is -2.07. The first kappa shape index (κ1) is 19.4. The number of carbonyl (C=O) groups excluding carboxylic acids is 1. The molecule has 0 spiro atoms. The lowest BCUT2D eigenvalue weighted by molar-refractivity contribution is -0.119. The number of aromatic nitrogens is 1. The summed E-state index contributed by atoms with van der Waals surface area (Å²) in [6.45, 7) is 3.08. The maximum atomic E-state index is 12.3. The molecular formula is C25H31NO. The van der Waals surface area contributed by atoms with Crippen LogP contribution in [0.25, 0.3) is 10.9 Å². The van der Waals surface area contributed by atoms with Crippen LogP contribution in [0.5, 0.6) is 0 Å². The molecule has 0 aliphatic rings. The molecule has 0 amide bonds. The molecule has 27 heavy (non-hydrogen) atoms. The number of hydrogen-bond donors (Lipinski definition) is 0. The summed E-state index contributed by atoms with van der Waals surface area (Å²) in [7, 11) is 0. The Morgan fingerprint density at radius 1 is 0.852 bits per heavy atom. The van der Waals surface area contributed by atoms with Crippen molar-refractivity contribution in [3.63, 3.8) is 0 Å². The van der Waals surface area contributed by atoms with Crippen LogP contribution in [0.4, 0.5) is 0 Å². The number of Topliss-reactive ketones (excluding diaryl/α,β-unsaturated/α-hetero) is 1. The first-order valence-electron chi connectivity index (χ1n) is 10.4. The van der Waals surface area contributed by atoms with Gasteiger partial charge in [0.05, 0.1) is 0 Å². The van der Waals surface area contributed by atoms with Crippen molar-refractivity contribution in [1.29, 1.82) is 0 Å². The summed E-state index contributed by atoms with van der Waals surface area (Å²) in [6.07, 6.45) is 8.25. The maximum Gasteiger partial charge on any atom is 0.133 e. The number of benzene rings is 2. The number of para-hydroxylation sites is 1. The van der Waals surface area contributed by atoms with E-state index in [0.29, 0.717) is 12.2 Å². The van der Waals surface area contributed by atoms with Gasteiger partial charge in [-0.25, -0.2) is 0 Å². The van der Waals surface area contributed by atoms with E-state index < -0.39 is 0 Å². The van der Waals surface area contributed by atoms with Gasteiger partial charge >= 0.3 is 0 Å². The smallest absolute Gasteiger partial charge is 0.133 e. The van der Waals surface area contributed by atoms with Gasteiger partial charge in [-0.1, -0.05) is 81.1 Å². The van der Waals surface area contributed by atoms with Gasteiger partial charge in [-0.15, -0.1) is 0 Å². The highest BCUT2D eigenvalue weighted by Gasteiger charge is 2.11. The number of nitrogens with zero attached hydrogens (tertiary/aromatic N) is 1. The first-order chi connectivity index (χ1) is 13.3. The Kier molecular flexibility index (Phi) is 7.27. The second-order valence-electron chi connectivity index (χ2n) is 7.47. The van der Waals surface area contributed by atoms with E-state index in [9.17, 15) is 4.79 Å². The maximum absolute atomic E-state index is 12.3. The number of hydrogen-bond acceptors (Lipinski definition) is 1. The molecule has 0 atom stereocenters. The second kappa shape index (κ2) is 10.1. The quantitative estimate of drug-likeness (QED) is 0.355. The fourth-order valence-corrected chi connectivity index (χ4v) is 3.75. The summed E-state index contributed by atoms with van der Waals surface area (Å²) in [4.78, 5) is 12.3. The lowest BCUT2D eigenvalue weighted by atomic mass is 10.1. The van der Waals surface area contributed by atoms with Crippen molar-refractivity contribution in [2.24, 2.45) is 0 Å². The van der Waals surface area contributed by atoms with Crippen molar-refractivity contribution in [1.82, 2.24) is 4.57 Å².